The molecule has 0 saturated heterocycles. The van der Waals surface area contributed by atoms with E-state index >= 15 is 0 Å². The van der Waals surface area contributed by atoms with Crippen LogP contribution in [0.3, 0.4) is 0 Å². The fourth-order valence-corrected chi connectivity index (χ4v) is 2.20. The third-order valence-electron chi connectivity index (χ3n) is 3.15. The third kappa shape index (κ3) is 3.02. The minimum atomic E-state index is 0.576. The summed E-state index contributed by atoms with van der Waals surface area (Å²) in [6.45, 7) is 5.52. The SMILES string of the molecule is CC1CC(NC(C)CCn2cncn2)C1. The molecule has 1 unspecified atom stereocenters. The zero-order chi connectivity index (χ0) is 10.7. The Morgan fingerprint density at radius 2 is 2.33 bits per heavy atom. The molecule has 1 aliphatic carbocycles. The smallest absolute Gasteiger partial charge is 0.137 e. The van der Waals surface area contributed by atoms with Crippen molar-refractivity contribution in [2.75, 3.05) is 0 Å². The summed E-state index contributed by atoms with van der Waals surface area (Å²) in [6.07, 6.45) is 7.17. The van der Waals surface area contributed by atoms with E-state index in [1.165, 1.54) is 12.8 Å². The summed E-state index contributed by atoms with van der Waals surface area (Å²) in [5, 5.41) is 7.74. The van der Waals surface area contributed by atoms with E-state index in [2.05, 4.69) is 29.2 Å². The first-order chi connectivity index (χ1) is 7.24. The van der Waals surface area contributed by atoms with Gasteiger partial charge < -0.3 is 5.32 Å². The van der Waals surface area contributed by atoms with Crippen LogP contribution in [0.15, 0.2) is 12.7 Å². The van der Waals surface area contributed by atoms with Crippen LogP contribution in [0, 0.1) is 5.92 Å². The molecule has 1 aliphatic rings. The van der Waals surface area contributed by atoms with Crippen molar-refractivity contribution in [3.8, 4) is 0 Å². The lowest BCUT2D eigenvalue weighted by molar-refractivity contribution is 0.220. The molecule has 0 bridgehead atoms. The summed E-state index contributed by atoms with van der Waals surface area (Å²) in [7, 11) is 0. The average Bonchev–Trinajstić information content (AvgIpc) is 2.65. The van der Waals surface area contributed by atoms with Crippen molar-refractivity contribution in [1.82, 2.24) is 20.1 Å². The molecular weight excluding hydrogens is 188 g/mol. The second-order valence-corrected chi connectivity index (χ2v) is 4.79. The molecule has 2 rings (SSSR count). The van der Waals surface area contributed by atoms with E-state index in [-0.39, 0.29) is 0 Å². The first kappa shape index (κ1) is 10.6. The van der Waals surface area contributed by atoms with Crippen molar-refractivity contribution in [1.29, 1.82) is 0 Å². The van der Waals surface area contributed by atoms with Gasteiger partial charge in [-0.2, -0.15) is 5.10 Å². The van der Waals surface area contributed by atoms with Gasteiger partial charge in [-0.05, 0) is 32.1 Å². The van der Waals surface area contributed by atoms with E-state index in [0.29, 0.717) is 6.04 Å². The predicted octanol–water partition coefficient (Wildman–Crippen LogP) is 1.44. The lowest BCUT2D eigenvalue weighted by Crippen LogP contribution is -2.44. The number of nitrogens with one attached hydrogen (secondary N) is 1. The maximum absolute atomic E-state index is 4.09. The number of aromatic nitrogens is 3. The molecule has 0 radical (unpaired) electrons. The fraction of sp³-hybridized carbons (Fsp3) is 0.818. The summed E-state index contributed by atoms with van der Waals surface area (Å²) in [5.74, 6) is 0.921. The van der Waals surface area contributed by atoms with Gasteiger partial charge in [0.05, 0.1) is 0 Å². The molecule has 4 heteroatoms. The quantitative estimate of drug-likeness (QED) is 0.796. The molecule has 1 fully saturated rings. The molecular formula is C11H20N4. The molecule has 84 valence electrons. The zero-order valence-electron chi connectivity index (χ0n) is 9.56. The van der Waals surface area contributed by atoms with Crippen molar-refractivity contribution < 1.29 is 0 Å². The van der Waals surface area contributed by atoms with Crippen LogP contribution in [-0.2, 0) is 6.54 Å². The van der Waals surface area contributed by atoms with E-state index in [0.717, 1.165) is 24.9 Å². The van der Waals surface area contributed by atoms with Crippen molar-refractivity contribution in [3.05, 3.63) is 12.7 Å². The van der Waals surface area contributed by atoms with E-state index in [9.17, 15) is 0 Å². The number of rotatable bonds is 5. The Hall–Kier alpha value is -0.900. The third-order valence-corrected chi connectivity index (χ3v) is 3.15. The highest BCUT2D eigenvalue weighted by molar-refractivity contribution is 4.84. The minimum absolute atomic E-state index is 0.576. The highest BCUT2D eigenvalue weighted by Gasteiger charge is 2.25. The van der Waals surface area contributed by atoms with Gasteiger partial charge >= 0.3 is 0 Å². The second kappa shape index (κ2) is 4.75. The maximum atomic E-state index is 4.09. The van der Waals surface area contributed by atoms with Gasteiger partial charge in [-0.1, -0.05) is 6.92 Å². The van der Waals surface area contributed by atoms with E-state index < -0.39 is 0 Å². The summed E-state index contributed by atoms with van der Waals surface area (Å²) in [4.78, 5) is 3.93. The fourth-order valence-electron chi connectivity index (χ4n) is 2.20. The first-order valence-electron chi connectivity index (χ1n) is 5.82. The Morgan fingerprint density at radius 3 is 2.93 bits per heavy atom. The van der Waals surface area contributed by atoms with Crippen LogP contribution in [0.5, 0.6) is 0 Å². The largest absolute Gasteiger partial charge is 0.311 e. The number of hydrogen-bond donors (Lipinski definition) is 1. The van der Waals surface area contributed by atoms with Crippen molar-refractivity contribution in [3.63, 3.8) is 0 Å². The summed E-state index contributed by atoms with van der Waals surface area (Å²) in [6, 6.07) is 1.33. The van der Waals surface area contributed by atoms with Crippen LogP contribution in [-0.4, -0.2) is 26.8 Å². The molecule has 1 aromatic heterocycles. The van der Waals surface area contributed by atoms with Gasteiger partial charge in [-0.15, -0.1) is 0 Å². The molecule has 0 aromatic carbocycles. The Morgan fingerprint density at radius 1 is 1.53 bits per heavy atom. The number of aryl methyl sites for hydroxylation is 1. The second-order valence-electron chi connectivity index (χ2n) is 4.79. The Bertz CT molecular complexity index is 277. The van der Waals surface area contributed by atoms with Crippen LogP contribution >= 0.6 is 0 Å². The molecule has 15 heavy (non-hydrogen) atoms. The van der Waals surface area contributed by atoms with E-state index in [1.54, 1.807) is 12.7 Å². The monoisotopic (exact) mass is 208 g/mol. The van der Waals surface area contributed by atoms with Crippen LogP contribution in [0.2, 0.25) is 0 Å². The van der Waals surface area contributed by atoms with Crippen LogP contribution < -0.4 is 5.32 Å². The number of hydrogen-bond acceptors (Lipinski definition) is 3. The molecule has 1 saturated carbocycles. The van der Waals surface area contributed by atoms with Crippen LogP contribution in [0.1, 0.15) is 33.1 Å². The Kier molecular flexibility index (Phi) is 3.36. The summed E-state index contributed by atoms with van der Waals surface area (Å²) < 4.78 is 1.89. The summed E-state index contributed by atoms with van der Waals surface area (Å²) >= 11 is 0. The molecule has 0 aliphatic heterocycles. The first-order valence-corrected chi connectivity index (χ1v) is 5.82. The molecule has 1 atom stereocenters. The highest BCUT2D eigenvalue weighted by Crippen LogP contribution is 2.26. The molecule has 0 amide bonds. The van der Waals surface area contributed by atoms with Crippen molar-refractivity contribution >= 4 is 0 Å². The lowest BCUT2D eigenvalue weighted by atomic mass is 9.81. The van der Waals surface area contributed by atoms with E-state index in [4.69, 9.17) is 0 Å². The van der Waals surface area contributed by atoms with Crippen LogP contribution in [0.4, 0.5) is 0 Å². The van der Waals surface area contributed by atoms with Crippen molar-refractivity contribution in [2.45, 2.75) is 51.7 Å². The molecule has 1 N–H and O–H groups in total. The zero-order valence-corrected chi connectivity index (χ0v) is 9.56. The van der Waals surface area contributed by atoms with Gasteiger partial charge in [0.25, 0.3) is 0 Å². The predicted molar refractivity (Wildman–Crippen MR) is 59.4 cm³/mol. The molecule has 4 nitrogen and oxygen atoms in total. The number of nitrogens with zero attached hydrogens (tertiary/aromatic N) is 3. The van der Waals surface area contributed by atoms with Gasteiger partial charge in [0.1, 0.15) is 12.7 Å². The maximum Gasteiger partial charge on any atom is 0.137 e. The van der Waals surface area contributed by atoms with Gasteiger partial charge in [0, 0.05) is 18.6 Å². The Balaban J connectivity index is 1.62. The van der Waals surface area contributed by atoms with Crippen molar-refractivity contribution in [2.24, 2.45) is 5.92 Å². The lowest BCUT2D eigenvalue weighted by Gasteiger charge is -2.35. The highest BCUT2D eigenvalue weighted by atomic mass is 15.3. The minimum Gasteiger partial charge on any atom is -0.311 e. The topological polar surface area (TPSA) is 42.7 Å². The Labute approximate surface area is 91.1 Å². The van der Waals surface area contributed by atoms with Gasteiger partial charge in [0.15, 0.2) is 0 Å². The standard InChI is InChI=1S/C11H20N4/c1-9-5-11(6-9)14-10(2)3-4-15-8-12-7-13-15/h7-11,14H,3-6H2,1-2H3. The molecule has 1 heterocycles. The molecule has 0 spiro atoms. The van der Waals surface area contributed by atoms with Gasteiger partial charge in [-0.3, -0.25) is 4.68 Å². The van der Waals surface area contributed by atoms with E-state index in [1.807, 2.05) is 4.68 Å². The average molecular weight is 208 g/mol. The summed E-state index contributed by atoms with van der Waals surface area (Å²) in [5.41, 5.74) is 0. The van der Waals surface area contributed by atoms with Crippen LogP contribution in [0.25, 0.3) is 0 Å². The van der Waals surface area contributed by atoms with Gasteiger partial charge in [-0.25, -0.2) is 4.98 Å². The normalized spacial score (nSPS) is 27.3. The molecule has 1 aromatic rings. The van der Waals surface area contributed by atoms with Gasteiger partial charge in [0.2, 0.25) is 0 Å².